The van der Waals surface area contributed by atoms with Crippen LogP contribution in [0.3, 0.4) is 0 Å². The Balaban J connectivity index is 1.21. The van der Waals surface area contributed by atoms with Gasteiger partial charge in [-0.3, -0.25) is 4.79 Å². The van der Waals surface area contributed by atoms with Gasteiger partial charge in [-0.2, -0.15) is 17.5 Å². The number of halogens is 3. The van der Waals surface area contributed by atoms with Crippen molar-refractivity contribution in [3.63, 3.8) is 0 Å². The average molecular weight is 471 g/mol. The molecule has 9 heteroatoms. The van der Waals surface area contributed by atoms with Gasteiger partial charge in [0.25, 0.3) is 0 Å². The summed E-state index contributed by atoms with van der Waals surface area (Å²) in [6, 6.07) is 4.50. The van der Waals surface area contributed by atoms with Gasteiger partial charge in [-0.15, -0.1) is 0 Å². The van der Waals surface area contributed by atoms with Gasteiger partial charge >= 0.3 is 6.18 Å². The maximum absolute atomic E-state index is 13.3. The molecule has 5 rings (SSSR count). The highest BCUT2D eigenvalue weighted by atomic mass is 32.2. The largest absolute Gasteiger partial charge is 0.417 e. The molecule has 0 spiro atoms. The minimum absolute atomic E-state index is 0.0233. The Morgan fingerprint density at radius 2 is 1.66 bits per heavy atom. The average Bonchev–Trinajstić information content (AvgIpc) is 3.47. The summed E-state index contributed by atoms with van der Waals surface area (Å²) >= 11 is 0. The van der Waals surface area contributed by atoms with E-state index in [4.69, 9.17) is 0 Å². The summed E-state index contributed by atoms with van der Waals surface area (Å²) in [4.78, 5) is 12.2. The second kappa shape index (κ2) is 8.01. The van der Waals surface area contributed by atoms with Crippen molar-refractivity contribution in [1.29, 1.82) is 0 Å². The van der Waals surface area contributed by atoms with Gasteiger partial charge in [-0.1, -0.05) is 18.6 Å². The number of hydrogen-bond donors (Lipinski definition) is 1. The van der Waals surface area contributed by atoms with Crippen molar-refractivity contribution in [2.24, 2.45) is 29.6 Å². The number of fused-ring (bicyclic) bond motifs is 5. The molecule has 32 heavy (non-hydrogen) atoms. The van der Waals surface area contributed by atoms with Crippen LogP contribution < -0.4 is 5.32 Å². The predicted octanol–water partition coefficient (Wildman–Crippen LogP) is 4.05. The van der Waals surface area contributed by atoms with Gasteiger partial charge in [0.1, 0.15) is 0 Å². The third kappa shape index (κ3) is 3.75. The summed E-state index contributed by atoms with van der Waals surface area (Å²) in [5.74, 6) is 2.60. The van der Waals surface area contributed by atoms with Gasteiger partial charge in [-0.05, 0) is 74.3 Å². The molecule has 1 heterocycles. The Bertz CT molecular complexity index is 988. The molecule has 176 valence electrons. The van der Waals surface area contributed by atoms with Crippen LogP contribution in [0.25, 0.3) is 0 Å². The van der Waals surface area contributed by atoms with Crippen LogP contribution >= 0.6 is 0 Å². The highest BCUT2D eigenvalue weighted by Gasteiger charge is 2.54. The fraction of sp³-hybridized carbons (Fsp3) is 0.696. The summed E-state index contributed by atoms with van der Waals surface area (Å²) in [6.07, 6.45) is 2.08. The van der Waals surface area contributed by atoms with E-state index in [1.54, 1.807) is 0 Å². The van der Waals surface area contributed by atoms with E-state index in [1.807, 2.05) is 0 Å². The molecule has 4 fully saturated rings. The molecule has 1 aromatic rings. The molecular formula is C23H29F3N2O3S. The predicted molar refractivity (Wildman–Crippen MR) is 112 cm³/mol. The third-order valence-corrected chi connectivity index (χ3v) is 10.3. The van der Waals surface area contributed by atoms with Crippen LogP contribution in [0.2, 0.25) is 0 Å². The Morgan fingerprint density at radius 3 is 2.38 bits per heavy atom. The van der Waals surface area contributed by atoms with Crippen molar-refractivity contribution in [2.75, 3.05) is 13.1 Å². The standard InChI is InChI=1S/C23H29F3N2O3S/c24-23(25,26)19-6-1-2-7-21(19)32(30,31)28-10-8-14(9-11-28)22(29)27-20-13-15-12-18(20)17-5-3-4-16(15)17/h1-2,6-7,14-18,20H,3-5,8-13H2,(H,27,29). The zero-order chi connectivity index (χ0) is 22.7. The maximum Gasteiger partial charge on any atom is 0.417 e. The first-order chi connectivity index (χ1) is 15.2. The van der Waals surface area contributed by atoms with Crippen molar-refractivity contribution in [3.05, 3.63) is 29.8 Å². The molecule has 5 unspecified atom stereocenters. The number of benzene rings is 1. The smallest absolute Gasteiger partial charge is 0.353 e. The highest BCUT2D eigenvalue weighted by molar-refractivity contribution is 7.89. The minimum Gasteiger partial charge on any atom is -0.353 e. The topological polar surface area (TPSA) is 66.5 Å². The maximum atomic E-state index is 13.3. The molecular weight excluding hydrogens is 441 g/mol. The zero-order valence-corrected chi connectivity index (χ0v) is 18.7. The van der Waals surface area contributed by atoms with Gasteiger partial charge in [0.15, 0.2) is 0 Å². The summed E-state index contributed by atoms with van der Waals surface area (Å²) in [5, 5.41) is 3.25. The normalized spacial score (nSPS) is 33.4. The van der Waals surface area contributed by atoms with E-state index in [9.17, 15) is 26.4 Å². The molecule has 1 N–H and O–H groups in total. The van der Waals surface area contributed by atoms with Crippen LogP contribution in [0.5, 0.6) is 0 Å². The van der Waals surface area contributed by atoms with Gasteiger partial charge in [0.05, 0.1) is 10.5 Å². The van der Waals surface area contributed by atoms with Gasteiger partial charge in [0.2, 0.25) is 15.9 Å². The van der Waals surface area contributed by atoms with Crippen molar-refractivity contribution < 1.29 is 26.4 Å². The summed E-state index contributed by atoms with van der Waals surface area (Å²) in [6.45, 7) is 0.0993. The van der Waals surface area contributed by atoms with Gasteiger partial charge in [-0.25, -0.2) is 8.42 Å². The molecule has 3 saturated carbocycles. The van der Waals surface area contributed by atoms with Crippen LogP contribution in [-0.4, -0.2) is 37.8 Å². The SMILES string of the molecule is O=C(NC1CC2CC1C1CCCC21)C1CCN(S(=O)(=O)c2ccccc2C(F)(F)F)CC1. The van der Waals surface area contributed by atoms with Crippen LogP contribution in [0, 0.1) is 29.6 Å². The molecule has 1 saturated heterocycles. The molecule has 1 aliphatic heterocycles. The molecule has 0 aromatic heterocycles. The molecule has 1 amide bonds. The van der Waals surface area contributed by atoms with E-state index in [2.05, 4.69) is 5.32 Å². The second-order valence-corrected chi connectivity index (χ2v) is 11.8. The van der Waals surface area contributed by atoms with E-state index >= 15 is 0 Å². The second-order valence-electron chi connectivity index (χ2n) is 9.94. The highest BCUT2D eigenvalue weighted by Crippen LogP contribution is 2.58. The first kappa shape index (κ1) is 22.2. The fourth-order valence-corrected chi connectivity index (χ4v) is 8.64. The Morgan fingerprint density at radius 1 is 0.969 bits per heavy atom. The summed E-state index contributed by atoms with van der Waals surface area (Å²) in [5.41, 5.74) is -1.15. The number of alkyl halides is 3. The minimum atomic E-state index is -4.75. The lowest BCUT2D eigenvalue weighted by atomic mass is 9.79. The van der Waals surface area contributed by atoms with Crippen molar-refractivity contribution in [3.8, 4) is 0 Å². The van der Waals surface area contributed by atoms with E-state index in [0.717, 1.165) is 40.6 Å². The van der Waals surface area contributed by atoms with Crippen LogP contribution in [0.1, 0.15) is 50.5 Å². The number of nitrogens with one attached hydrogen (secondary N) is 1. The first-order valence-corrected chi connectivity index (χ1v) is 13.1. The molecule has 1 aromatic carbocycles. The van der Waals surface area contributed by atoms with Crippen molar-refractivity contribution in [1.82, 2.24) is 9.62 Å². The van der Waals surface area contributed by atoms with E-state index in [0.29, 0.717) is 18.8 Å². The van der Waals surface area contributed by atoms with Crippen LogP contribution in [0.15, 0.2) is 29.2 Å². The summed E-state index contributed by atoms with van der Waals surface area (Å²) in [7, 11) is -4.28. The quantitative estimate of drug-likeness (QED) is 0.722. The zero-order valence-electron chi connectivity index (χ0n) is 17.9. The van der Waals surface area contributed by atoms with E-state index in [1.165, 1.54) is 37.8 Å². The number of carbonyl (C=O) groups excluding carboxylic acids is 1. The molecule has 4 aliphatic rings. The van der Waals surface area contributed by atoms with E-state index in [-0.39, 0.29) is 31.0 Å². The molecule has 2 bridgehead atoms. The lowest BCUT2D eigenvalue weighted by Gasteiger charge is -2.35. The third-order valence-electron chi connectivity index (χ3n) is 8.39. The fourth-order valence-electron chi connectivity index (χ4n) is 6.96. The number of sulfonamides is 1. The molecule has 0 radical (unpaired) electrons. The number of nitrogens with zero attached hydrogens (tertiary/aromatic N) is 1. The van der Waals surface area contributed by atoms with Gasteiger partial charge < -0.3 is 5.32 Å². The Labute approximate surface area is 186 Å². The lowest BCUT2D eigenvalue weighted by molar-refractivity contribution is -0.139. The first-order valence-electron chi connectivity index (χ1n) is 11.6. The number of amides is 1. The molecule has 5 nitrogen and oxygen atoms in total. The van der Waals surface area contributed by atoms with Crippen molar-refractivity contribution >= 4 is 15.9 Å². The number of carbonyl (C=O) groups is 1. The molecule has 5 atom stereocenters. The van der Waals surface area contributed by atoms with Crippen LogP contribution in [0.4, 0.5) is 13.2 Å². The lowest BCUT2D eigenvalue weighted by Crippen LogP contribution is -2.48. The number of rotatable bonds is 4. The number of piperidine rings is 1. The molecule has 3 aliphatic carbocycles. The summed E-state index contributed by atoms with van der Waals surface area (Å²) < 4.78 is 66.9. The van der Waals surface area contributed by atoms with Crippen molar-refractivity contribution in [2.45, 2.75) is 62.1 Å². The van der Waals surface area contributed by atoms with Gasteiger partial charge in [0, 0.05) is 25.0 Å². The monoisotopic (exact) mass is 470 g/mol. The number of hydrogen-bond acceptors (Lipinski definition) is 3. The Hall–Kier alpha value is -1.61. The van der Waals surface area contributed by atoms with Crippen LogP contribution in [-0.2, 0) is 21.0 Å². The Kier molecular flexibility index (Phi) is 5.55. The van der Waals surface area contributed by atoms with E-state index < -0.39 is 26.7 Å².